The SMILES string of the molecule is CC(=O)Nc1ccc(Nc2ccc(C(=O)Nc3cccc(C)c3)nn2)cc1. The summed E-state index contributed by atoms with van der Waals surface area (Å²) in [5.74, 6) is 0.0646. The average molecular weight is 361 g/mol. The van der Waals surface area contributed by atoms with E-state index in [0.717, 1.165) is 11.3 Å². The van der Waals surface area contributed by atoms with E-state index in [0.29, 0.717) is 17.2 Å². The third-order valence-electron chi connectivity index (χ3n) is 3.65. The summed E-state index contributed by atoms with van der Waals surface area (Å²) in [7, 11) is 0. The summed E-state index contributed by atoms with van der Waals surface area (Å²) in [6.45, 7) is 3.41. The van der Waals surface area contributed by atoms with Gasteiger partial charge in [0.2, 0.25) is 5.91 Å². The van der Waals surface area contributed by atoms with Crippen LogP contribution in [0, 0.1) is 6.92 Å². The van der Waals surface area contributed by atoms with Gasteiger partial charge in [0.05, 0.1) is 0 Å². The molecule has 3 N–H and O–H groups in total. The molecule has 0 aliphatic carbocycles. The first-order valence-electron chi connectivity index (χ1n) is 8.36. The fraction of sp³-hybridized carbons (Fsp3) is 0.100. The van der Waals surface area contributed by atoms with Gasteiger partial charge in [0.15, 0.2) is 11.5 Å². The van der Waals surface area contributed by atoms with E-state index in [1.165, 1.54) is 6.92 Å². The third kappa shape index (κ3) is 5.12. The molecule has 7 nitrogen and oxygen atoms in total. The number of amides is 2. The summed E-state index contributed by atoms with van der Waals surface area (Å²) < 4.78 is 0. The normalized spacial score (nSPS) is 10.1. The van der Waals surface area contributed by atoms with E-state index in [-0.39, 0.29) is 17.5 Å². The van der Waals surface area contributed by atoms with Crippen LogP contribution in [0.3, 0.4) is 0 Å². The average Bonchev–Trinajstić information content (AvgIpc) is 2.63. The van der Waals surface area contributed by atoms with Gasteiger partial charge < -0.3 is 16.0 Å². The van der Waals surface area contributed by atoms with Gasteiger partial charge in [-0.15, -0.1) is 10.2 Å². The lowest BCUT2D eigenvalue weighted by Crippen LogP contribution is -2.14. The van der Waals surface area contributed by atoms with Crippen molar-refractivity contribution in [2.24, 2.45) is 0 Å². The van der Waals surface area contributed by atoms with Crippen LogP contribution in [-0.4, -0.2) is 22.0 Å². The van der Waals surface area contributed by atoms with Crippen molar-refractivity contribution in [2.75, 3.05) is 16.0 Å². The summed E-state index contributed by atoms with van der Waals surface area (Å²) >= 11 is 0. The van der Waals surface area contributed by atoms with Crippen LogP contribution in [0.5, 0.6) is 0 Å². The largest absolute Gasteiger partial charge is 0.339 e. The minimum absolute atomic E-state index is 0.124. The number of carbonyl (C=O) groups excluding carboxylic acids is 2. The van der Waals surface area contributed by atoms with Gasteiger partial charge in [-0.05, 0) is 61.0 Å². The zero-order valence-corrected chi connectivity index (χ0v) is 15.0. The lowest BCUT2D eigenvalue weighted by atomic mass is 10.2. The molecule has 1 aromatic heterocycles. The fourth-order valence-electron chi connectivity index (χ4n) is 2.43. The summed E-state index contributed by atoms with van der Waals surface area (Å²) in [6, 6.07) is 18.0. The maximum atomic E-state index is 12.3. The van der Waals surface area contributed by atoms with Crippen molar-refractivity contribution in [3.05, 3.63) is 71.9 Å². The van der Waals surface area contributed by atoms with Crippen LogP contribution in [0.1, 0.15) is 23.0 Å². The van der Waals surface area contributed by atoms with Crippen molar-refractivity contribution in [3.63, 3.8) is 0 Å². The fourth-order valence-corrected chi connectivity index (χ4v) is 2.43. The van der Waals surface area contributed by atoms with Gasteiger partial charge in [-0.2, -0.15) is 0 Å². The van der Waals surface area contributed by atoms with Gasteiger partial charge in [-0.25, -0.2) is 0 Å². The summed E-state index contributed by atoms with van der Waals surface area (Å²) in [6.07, 6.45) is 0. The molecule has 0 saturated carbocycles. The first-order chi connectivity index (χ1) is 13.0. The van der Waals surface area contributed by atoms with Gasteiger partial charge in [0, 0.05) is 24.0 Å². The Balaban J connectivity index is 1.62. The number of rotatable bonds is 5. The van der Waals surface area contributed by atoms with E-state index >= 15 is 0 Å². The van der Waals surface area contributed by atoms with Crippen LogP contribution >= 0.6 is 0 Å². The monoisotopic (exact) mass is 361 g/mol. The van der Waals surface area contributed by atoms with E-state index in [9.17, 15) is 9.59 Å². The summed E-state index contributed by atoms with van der Waals surface area (Å²) in [5.41, 5.74) is 3.49. The van der Waals surface area contributed by atoms with Gasteiger partial charge in [-0.1, -0.05) is 12.1 Å². The molecule has 7 heteroatoms. The van der Waals surface area contributed by atoms with Crippen molar-refractivity contribution in [3.8, 4) is 0 Å². The Morgan fingerprint density at radius 1 is 0.815 bits per heavy atom. The highest BCUT2D eigenvalue weighted by Crippen LogP contribution is 2.17. The molecule has 3 aromatic rings. The maximum absolute atomic E-state index is 12.3. The van der Waals surface area contributed by atoms with Crippen LogP contribution in [0.25, 0.3) is 0 Å². The second kappa shape index (κ2) is 8.09. The first kappa shape index (κ1) is 18.1. The lowest BCUT2D eigenvalue weighted by Gasteiger charge is -2.08. The standard InChI is InChI=1S/C20H19N5O2/c1-13-4-3-5-17(12-13)23-20(27)18-10-11-19(25-24-18)22-16-8-6-15(7-9-16)21-14(2)26/h3-12H,1-2H3,(H,21,26)(H,22,25)(H,23,27). The Bertz CT molecular complexity index is 953. The zero-order chi connectivity index (χ0) is 19.2. The van der Waals surface area contributed by atoms with E-state index in [1.807, 2.05) is 43.3 Å². The van der Waals surface area contributed by atoms with E-state index in [4.69, 9.17) is 0 Å². The molecule has 0 atom stereocenters. The Labute approximate surface area is 156 Å². The van der Waals surface area contributed by atoms with Crippen LogP contribution < -0.4 is 16.0 Å². The molecule has 0 bridgehead atoms. The van der Waals surface area contributed by atoms with E-state index in [2.05, 4.69) is 26.1 Å². The highest BCUT2D eigenvalue weighted by molar-refractivity contribution is 6.02. The van der Waals surface area contributed by atoms with E-state index < -0.39 is 0 Å². The number of nitrogens with one attached hydrogen (secondary N) is 3. The predicted molar refractivity (Wildman–Crippen MR) is 105 cm³/mol. The highest BCUT2D eigenvalue weighted by Gasteiger charge is 2.09. The van der Waals surface area contributed by atoms with Gasteiger partial charge in [-0.3, -0.25) is 9.59 Å². The smallest absolute Gasteiger partial charge is 0.276 e. The Kier molecular flexibility index (Phi) is 5.41. The molecule has 2 aromatic carbocycles. The molecule has 0 fully saturated rings. The summed E-state index contributed by atoms with van der Waals surface area (Å²) in [4.78, 5) is 23.3. The number of hydrogen-bond acceptors (Lipinski definition) is 5. The van der Waals surface area contributed by atoms with Crippen LogP contribution in [0.2, 0.25) is 0 Å². The molecule has 0 aliphatic rings. The number of benzene rings is 2. The first-order valence-corrected chi connectivity index (χ1v) is 8.36. The second-order valence-electron chi connectivity index (χ2n) is 6.01. The number of anilines is 4. The zero-order valence-electron chi connectivity index (χ0n) is 15.0. The Morgan fingerprint density at radius 3 is 2.19 bits per heavy atom. The van der Waals surface area contributed by atoms with Gasteiger partial charge >= 0.3 is 0 Å². The van der Waals surface area contributed by atoms with Crippen molar-refractivity contribution >= 4 is 34.7 Å². The minimum Gasteiger partial charge on any atom is -0.339 e. The Morgan fingerprint density at radius 2 is 1.56 bits per heavy atom. The molecule has 136 valence electrons. The molecule has 0 unspecified atom stereocenters. The Hall–Kier alpha value is -3.74. The molecule has 0 spiro atoms. The number of carbonyl (C=O) groups is 2. The van der Waals surface area contributed by atoms with Crippen LogP contribution in [0.15, 0.2) is 60.7 Å². The number of aryl methyl sites for hydroxylation is 1. The van der Waals surface area contributed by atoms with Crippen molar-refractivity contribution in [2.45, 2.75) is 13.8 Å². The molecule has 1 heterocycles. The van der Waals surface area contributed by atoms with Crippen LogP contribution in [0.4, 0.5) is 22.9 Å². The molecular weight excluding hydrogens is 342 g/mol. The third-order valence-corrected chi connectivity index (χ3v) is 3.65. The topological polar surface area (TPSA) is 96.0 Å². The van der Waals surface area contributed by atoms with Crippen molar-refractivity contribution < 1.29 is 9.59 Å². The number of nitrogens with zero attached hydrogens (tertiary/aromatic N) is 2. The van der Waals surface area contributed by atoms with Gasteiger partial charge in [0.25, 0.3) is 5.91 Å². The minimum atomic E-state index is -0.320. The molecule has 2 amide bonds. The molecule has 3 rings (SSSR count). The molecule has 0 radical (unpaired) electrons. The number of aromatic nitrogens is 2. The molecule has 27 heavy (non-hydrogen) atoms. The van der Waals surface area contributed by atoms with Crippen LogP contribution in [-0.2, 0) is 4.79 Å². The molecule has 0 aliphatic heterocycles. The number of hydrogen-bond donors (Lipinski definition) is 3. The highest BCUT2D eigenvalue weighted by atomic mass is 16.2. The van der Waals surface area contributed by atoms with Crippen molar-refractivity contribution in [1.29, 1.82) is 0 Å². The predicted octanol–water partition coefficient (Wildman–Crippen LogP) is 3.74. The maximum Gasteiger partial charge on any atom is 0.276 e. The molecule has 0 saturated heterocycles. The second-order valence-corrected chi connectivity index (χ2v) is 6.01. The van der Waals surface area contributed by atoms with Gasteiger partial charge in [0.1, 0.15) is 0 Å². The molecular formula is C20H19N5O2. The van der Waals surface area contributed by atoms with E-state index in [1.54, 1.807) is 24.3 Å². The summed E-state index contributed by atoms with van der Waals surface area (Å²) in [5, 5.41) is 16.6. The quantitative estimate of drug-likeness (QED) is 0.643. The van der Waals surface area contributed by atoms with Crippen molar-refractivity contribution in [1.82, 2.24) is 10.2 Å². The lowest BCUT2D eigenvalue weighted by molar-refractivity contribution is -0.114.